The van der Waals surface area contributed by atoms with Crippen molar-refractivity contribution in [2.24, 2.45) is 0 Å². The molecule has 36 heavy (non-hydrogen) atoms. The van der Waals surface area contributed by atoms with Gasteiger partial charge < -0.3 is 26.0 Å². The summed E-state index contributed by atoms with van der Waals surface area (Å²) in [6.45, 7) is 2.07. The lowest BCUT2D eigenvalue weighted by atomic mass is 10.1. The van der Waals surface area contributed by atoms with Crippen molar-refractivity contribution < 1.29 is 13.9 Å². The first-order valence-electron chi connectivity index (χ1n) is 11.5. The minimum absolute atomic E-state index is 0.0346. The number of aromatic nitrogens is 2. The number of hydrogen-bond acceptors (Lipinski definition) is 6. The van der Waals surface area contributed by atoms with Gasteiger partial charge in [-0.2, -0.15) is 0 Å². The number of nitrogen functional groups attached to an aromatic ring is 1. The van der Waals surface area contributed by atoms with Gasteiger partial charge in [-0.25, -0.2) is 19.2 Å². The molecule has 0 atom stereocenters. The van der Waals surface area contributed by atoms with Crippen LogP contribution in [0.2, 0.25) is 10.0 Å². The number of amides is 2. The van der Waals surface area contributed by atoms with Gasteiger partial charge in [0.15, 0.2) is 5.82 Å². The first kappa shape index (κ1) is 25.9. The van der Waals surface area contributed by atoms with Crippen molar-refractivity contribution in [2.45, 2.75) is 25.3 Å². The molecule has 1 fully saturated rings. The Morgan fingerprint density at radius 1 is 1.19 bits per heavy atom. The van der Waals surface area contributed by atoms with Crippen LogP contribution in [-0.4, -0.2) is 53.7 Å². The van der Waals surface area contributed by atoms with Gasteiger partial charge in [0.25, 0.3) is 5.88 Å². The van der Waals surface area contributed by atoms with Gasteiger partial charge >= 0.3 is 6.03 Å². The summed E-state index contributed by atoms with van der Waals surface area (Å²) in [5, 5.41) is 6.20. The molecule has 1 aliphatic heterocycles. The molecule has 11 heteroatoms. The Morgan fingerprint density at radius 2 is 1.92 bits per heavy atom. The van der Waals surface area contributed by atoms with E-state index in [0.717, 1.165) is 31.5 Å². The van der Waals surface area contributed by atoms with E-state index >= 15 is 0 Å². The number of rotatable bonds is 7. The average molecular weight is 533 g/mol. The van der Waals surface area contributed by atoms with E-state index in [1.165, 1.54) is 18.3 Å². The SMILES string of the molecule is CN1CCC(NC(=O)Nc2ccc(-c3cnc(N)c(OCCc4c(Cl)ccc(F)c4Cl)n3)cc2)CC1. The number of nitrogens with zero attached hydrogens (tertiary/aromatic N) is 3. The fourth-order valence-electron chi connectivity index (χ4n) is 3.90. The maximum Gasteiger partial charge on any atom is 0.319 e. The molecular weight excluding hydrogens is 506 g/mol. The Balaban J connectivity index is 1.35. The van der Waals surface area contributed by atoms with E-state index in [2.05, 4.69) is 32.5 Å². The monoisotopic (exact) mass is 532 g/mol. The zero-order chi connectivity index (χ0) is 25.7. The molecule has 0 radical (unpaired) electrons. The highest BCUT2D eigenvalue weighted by atomic mass is 35.5. The van der Waals surface area contributed by atoms with E-state index in [9.17, 15) is 9.18 Å². The quantitative estimate of drug-likeness (QED) is 0.369. The van der Waals surface area contributed by atoms with Crippen LogP contribution >= 0.6 is 23.2 Å². The summed E-state index contributed by atoms with van der Waals surface area (Å²) in [6, 6.07) is 9.83. The number of halogens is 3. The predicted molar refractivity (Wildman–Crippen MR) is 140 cm³/mol. The first-order valence-corrected chi connectivity index (χ1v) is 12.3. The molecule has 4 rings (SSSR count). The number of piperidine rings is 1. The number of carbonyl (C=O) groups excluding carboxylic acids is 1. The Morgan fingerprint density at radius 3 is 2.64 bits per heavy atom. The number of urea groups is 1. The second-order valence-corrected chi connectivity index (χ2v) is 9.40. The van der Waals surface area contributed by atoms with Gasteiger partial charge in [-0.15, -0.1) is 0 Å². The standard InChI is InChI=1S/C25H27Cl2FN6O2/c1-34-11-8-17(9-12-34)32-25(35)31-16-4-2-15(3-5-16)21-14-30-23(29)24(33-21)36-13-10-18-19(26)6-7-20(28)22(18)27/h2-7,14,17H,8-13H2,1H3,(H2,29,30)(H2,31,32,35). The van der Waals surface area contributed by atoms with Crippen molar-refractivity contribution in [3.63, 3.8) is 0 Å². The lowest BCUT2D eigenvalue weighted by molar-refractivity contribution is 0.221. The molecule has 1 aromatic heterocycles. The normalized spacial score (nSPS) is 14.4. The van der Waals surface area contributed by atoms with Crippen molar-refractivity contribution in [1.29, 1.82) is 0 Å². The average Bonchev–Trinajstić information content (AvgIpc) is 2.86. The third-order valence-corrected chi connectivity index (χ3v) is 6.75. The number of nitrogens with two attached hydrogens (primary N) is 1. The second kappa shape index (κ2) is 11.7. The first-order chi connectivity index (χ1) is 17.3. The molecule has 1 aliphatic rings. The van der Waals surface area contributed by atoms with Crippen molar-refractivity contribution in [1.82, 2.24) is 20.2 Å². The highest BCUT2D eigenvalue weighted by molar-refractivity contribution is 6.36. The second-order valence-electron chi connectivity index (χ2n) is 8.62. The van der Waals surface area contributed by atoms with Crippen molar-refractivity contribution in [3.8, 4) is 17.1 Å². The summed E-state index contributed by atoms with van der Waals surface area (Å²) in [5.74, 6) is -0.274. The van der Waals surface area contributed by atoms with E-state index in [1.807, 2.05) is 12.1 Å². The summed E-state index contributed by atoms with van der Waals surface area (Å²) in [5.41, 5.74) is 8.35. The molecule has 2 heterocycles. The van der Waals surface area contributed by atoms with Crippen LogP contribution in [0.5, 0.6) is 5.88 Å². The molecule has 3 aromatic rings. The number of carbonyl (C=O) groups is 1. The molecule has 0 unspecified atom stereocenters. The van der Waals surface area contributed by atoms with Gasteiger partial charge in [0.2, 0.25) is 0 Å². The molecular formula is C25H27Cl2FN6O2. The maximum atomic E-state index is 13.7. The zero-order valence-electron chi connectivity index (χ0n) is 19.7. The van der Waals surface area contributed by atoms with E-state index < -0.39 is 5.82 Å². The summed E-state index contributed by atoms with van der Waals surface area (Å²) in [6.07, 6.45) is 3.68. The number of likely N-dealkylation sites (tertiary alicyclic amines) is 1. The van der Waals surface area contributed by atoms with Gasteiger partial charge in [0.1, 0.15) is 5.82 Å². The van der Waals surface area contributed by atoms with E-state index in [0.29, 0.717) is 22.0 Å². The Hall–Kier alpha value is -3.14. The molecule has 4 N–H and O–H groups in total. The molecule has 0 bridgehead atoms. The minimum Gasteiger partial charge on any atom is -0.475 e. The third-order valence-electron chi connectivity index (χ3n) is 5.99. The lowest BCUT2D eigenvalue weighted by Crippen LogP contribution is -2.44. The Kier molecular flexibility index (Phi) is 8.45. The van der Waals surface area contributed by atoms with Gasteiger partial charge in [-0.1, -0.05) is 35.3 Å². The number of hydrogen-bond donors (Lipinski definition) is 3. The van der Waals surface area contributed by atoms with Crippen LogP contribution in [-0.2, 0) is 6.42 Å². The largest absolute Gasteiger partial charge is 0.475 e. The van der Waals surface area contributed by atoms with Crippen LogP contribution in [0.1, 0.15) is 18.4 Å². The zero-order valence-corrected chi connectivity index (χ0v) is 21.2. The molecule has 0 spiro atoms. The van der Waals surface area contributed by atoms with E-state index in [1.54, 1.807) is 12.1 Å². The smallest absolute Gasteiger partial charge is 0.319 e. The third kappa shape index (κ3) is 6.54. The molecule has 0 aliphatic carbocycles. The van der Waals surface area contributed by atoms with Crippen LogP contribution in [0, 0.1) is 5.82 Å². The number of benzene rings is 2. The van der Waals surface area contributed by atoms with Crippen LogP contribution in [0.4, 0.5) is 20.7 Å². The Bertz CT molecular complexity index is 1220. The van der Waals surface area contributed by atoms with Gasteiger partial charge in [0, 0.05) is 28.7 Å². The summed E-state index contributed by atoms with van der Waals surface area (Å²) in [7, 11) is 2.08. The van der Waals surface area contributed by atoms with E-state index in [4.69, 9.17) is 33.7 Å². The van der Waals surface area contributed by atoms with E-state index in [-0.39, 0.29) is 41.8 Å². The van der Waals surface area contributed by atoms with Crippen molar-refractivity contribution in [3.05, 3.63) is 64.0 Å². The maximum absolute atomic E-state index is 13.7. The molecule has 190 valence electrons. The topological polar surface area (TPSA) is 105 Å². The number of ether oxygens (including phenoxy) is 1. The predicted octanol–water partition coefficient (Wildman–Crippen LogP) is 5.01. The fraction of sp³-hybridized carbons (Fsp3) is 0.320. The van der Waals surface area contributed by atoms with Gasteiger partial charge in [0.05, 0.1) is 23.5 Å². The van der Waals surface area contributed by atoms with Crippen LogP contribution in [0.3, 0.4) is 0 Å². The fourth-order valence-corrected chi connectivity index (χ4v) is 4.46. The number of anilines is 2. The summed E-state index contributed by atoms with van der Waals surface area (Å²) in [4.78, 5) is 23.2. The molecule has 0 saturated carbocycles. The highest BCUT2D eigenvalue weighted by Crippen LogP contribution is 2.29. The summed E-state index contributed by atoms with van der Waals surface area (Å²) < 4.78 is 19.4. The van der Waals surface area contributed by atoms with Crippen molar-refractivity contribution in [2.75, 3.05) is 37.8 Å². The lowest BCUT2D eigenvalue weighted by Gasteiger charge is -2.29. The van der Waals surface area contributed by atoms with Gasteiger partial charge in [-0.05, 0) is 62.8 Å². The summed E-state index contributed by atoms with van der Waals surface area (Å²) >= 11 is 12.1. The molecule has 1 saturated heterocycles. The minimum atomic E-state index is -0.547. The van der Waals surface area contributed by atoms with Crippen LogP contribution in [0.15, 0.2) is 42.6 Å². The molecule has 2 amide bonds. The van der Waals surface area contributed by atoms with Crippen LogP contribution in [0.25, 0.3) is 11.3 Å². The van der Waals surface area contributed by atoms with Crippen molar-refractivity contribution >= 4 is 40.7 Å². The Labute approximate surface area is 219 Å². The molecule has 8 nitrogen and oxygen atoms in total. The number of nitrogens with one attached hydrogen (secondary N) is 2. The van der Waals surface area contributed by atoms with Crippen LogP contribution < -0.4 is 21.1 Å². The van der Waals surface area contributed by atoms with Gasteiger partial charge in [-0.3, -0.25) is 0 Å². The highest BCUT2D eigenvalue weighted by Gasteiger charge is 2.18. The molecule has 2 aromatic carbocycles.